The number of aromatic carboxylic acids is 1. The van der Waals surface area contributed by atoms with E-state index in [0.29, 0.717) is 12.2 Å². The summed E-state index contributed by atoms with van der Waals surface area (Å²) in [5, 5.41) is 35.8. The van der Waals surface area contributed by atoms with E-state index < -0.39 is 23.9 Å². The lowest BCUT2D eigenvalue weighted by Crippen LogP contribution is -2.38. The van der Waals surface area contributed by atoms with Crippen molar-refractivity contribution in [2.75, 3.05) is 31.6 Å². The number of halogens is 1. The maximum atomic E-state index is 13.1. The summed E-state index contributed by atoms with van der Waals surface area (Å²) in [5.74, 6) is -1.41. The predicted molar refractivity (Wildman–Crippen MR) is 106 cm³/mol. The number of nitrogens with one attached hydrogen (secondary N) is 3. The average molecular weight is 416 g/mol. The molecule has 158 valence electrons. The Bertz CT molecular complexity index is 914. The van der Waals surface area contributed by atoms with Gasteiger partial charge in [-0.15, -0.1) is 0 Å². The Kier molecular flexibility index (Phi) is 8.56. The monoisotopic (exact) mass is 416 g/mol. The third-order valence-corrected chi connectivity index (χ3v) is 3.85. The number of nitriles is 1. The van der Waals surface area contributed by atoms with Crippen molar-refractivity contribution in [2.45, 2.75) is 6.10 Å². The molecule has 0 fully saturated rings. The molecule has 0 saturated carbocycles. The van der Waals surface area contributed by atoms with Crippen molar-refractivity contribution in [3.05, 3.63) is 59.4 Å². The standard InChI is InChI=1S/C20H21FN4O5/c21-15-3-6-18(14(9-15)10-22)30-12-17(26)11-23-7-8-24-20(29)25-16-4-1-13(2-5-16)19(27)28/h1-6,9,17,23,26H,7-8,11-12H2,(H,27,28)(H2,24,25,29). The molecule has 2 aromatic rings. The summed E-state index contributed by atoms with van der Waals surface area (Å²) in [7, 11) is 0. The second-order valence-corrected chi connectivity index (χ2v) is 6.18. The average Bonchev–Trinajstić information content (AvgIpc) is 2.72. The Balaban J connectivity index is 1.61. The number of hydrogen-bond acceptors (Lipinski definition) is 6. The fourth-order valence-electron chi connectivity index (χ4n) is 2.36. The topological polar surface area (TPSA) is 144 Å². The molecule has 5 N–H and O–H groups in total. The van der Waals surface area contributed by atoms with Gasteiger partial charge in [0, 0.05) is 25.3 Å². The molecule has 0 radical (unpaired) electrons. The minimum absolute atomic E-state index is 0.0444. The molecule has 0 saturated heterocycles. The first-order valence-corrected chi connectivity index (χ1v) is 8.98. The lowest BCUT2D eigenvalue weighted by molar-refractivity contribution is 0.0697. The van der Waals surface area contributed by atoms with Crippen LogP contribution in [-0.4, -0.2) is 54.6 Å². The van der Waals surface area contributed by atoms with E-state index in [-0.39, 0.29) is 36.6 Å². The quantitative estimate of drug-likeness (QED) is 0.370. The van der Waals surface area contributed by atoms with Crippen LogP contribution in [-0.2, 0) is 0 Å². The number of amides is 2. The fourth-order valence-corrected chi connectivity index (χ4v) is 2.36. The molecule has 2 amide bonds. The SMILES string of the molecule is N#Cc1cc(F)ccc1OCC(O)CNCCNC(=O)Nc1ccc(C(=O)O)cc1. The molecule has 1 atom stereocenters. The van der Waals surface area contributed by atoms with Crippen molar-refractivity contribution in [3.8, 4) is 11.8 Å². The summed E-state index contributed by atoms with van der Waals surface area (Å²) in [6.45, 7) is 0.752. The van der Waals surface area contributed by atoms with Gasteiger partial charge in [0.15, 0.2) is 0 Å². The molecular formula is C20H21FN4O5. The predicted octanol–water partition coefficient (Wildman–Crippen LogP) is 1.55. The van der Waals surface area contributed by atoms with Gasteiger partial charge in [-0.25, -0.2) is 14.0 Å². The molecule has 0 bridgehead atoms. The number of aliphatic hydroxyl groups excluding tert-OH is 1. The van der Waals surface area contributed by atoms with Crippen LogP contribution in [0.1, 0.15) is 15.9 Å². The Morgan fingerprint density at radius 3 is 2.57 bits per heavy atom. The van der Waals surface area contributed by atoms with E-state index in [9.17, 15) is 19.1 Å². The zero-order valence-corrected chi connectivity index (χ0v) is 15.9. The van der Waals surface area contributed by atoms with Crippen LogP contribution in [0.2, 0.25) is 0 Å². The third-order valence-electron chi connectivity index (χ3n) is 3.85. The van der Waals surface area contributed by atoms with Crippen molar-refractivity contribution in [1.29, 1.82) is 5.26 Å². The van der Waals surface area contributed by atoms with Crippen LogP contribution in [0.4, 0.5) is 14.9 Å². The molecule has 0 aliphatic rings. The molecule has 0 heterocycles. The van der Waals surface area contributed by atoms with Crippen LogP contribution in [0, 0.1) is 17.1 Å². The highest BCUT2D eigenvalue weighted by molar-refractivity contribution is 5.91. The van der Waals surface area contributed by atoms with Gasteiger partial charge in [-0.2, -0.15) is 5.26 Å². The molecule has 30 heavy (non-hydrogen) atoms. The second kappa shape index (κ2) is 11.4. The summed E-state index contributed by atoms with van der Waals surface area (Å²) in [5.41, 5.74) is 0.620. The van der Waals surface area contributed by atoms with Gasteiger partial charge < -0.3 is 30.9 Å². The molecular weight excluding hydrogens is 395 g/mol. The lowest BCUT2D eigenvalue weighted by atomic mass is 10.2. The van der Waals surface area contributed by atoms with E-state index in [2.05, 4.69) is 16.0 Å². The van der Waals surface area contributed by atoms with E-state index in [1.807, 2.05) is 6.07 Å². The molecule has 2 rings (SSSR count). The summed E-state index contributed by atoms with van der Waals surface area (Å²) in [4.78, 5) is 22.6. The molecule has 0 aliphatic heterocycles. The number of carbonyl (C=O) groups excluding carboxylic acids is 1. The van der Waals surface area contributed by atoms with Gasteiger partial charge in [-0.1, -0.05) is 0 Å². The van der Waals surface area contributed by atoms with Crippen LogP contribution in [0.3, 0.4) is 0 Å². The van der Waals surface area contributed by atoms with Gasteiger partial charge in [-0.05, 0) is 42.5 Å². The first-order valence-electron chi connectivity index (χ1n) is 8.98. The van der Waals surface area contributed by atoms with Gasteiger partial charge in [0.25, 0.3) is 0 Å². The van der Waals surface area contributed by atoms with Crippen LogP contribution in [0.5, 0.6) is 5.75 Å². The van der Waals surface area contributed by atoms with E-state index in [1.165, 1.54) is 30.3 Å². The normalized spacial score (nSPS) is 11.2. The Morgan fingerprint density at radius 1 is 1.17 bits per heavy atom. The molecule has 2 aromatic carbocycles. The fraction of sp³-hybridized carbons (Fsp3) is 0.250. The Hall–Kier alpha value is -3.68. The van der Waals surface area contributed by atoms with Gasteiger partial charge >= 0.3 is 12.0 Å². The summed E-state index contributed by atoms with van der Waals surface area (Å²) < 4.78 is 18.4. The van der Waals surface area contributed by atoms with Gasteiger partial charge in [0.05, 0.1) is 11.1 Å². The number of nitrogens with zero attached hydrogens (tertiary/aromatic N) is 1. The highest BCUT2D eigenvalue weighted by Crippen LogP contribution is 2.18. The highest BCUT2D eigenvalue weighted by Gasteiger charge is 2.09. The number of rotatable bonds is 10. The van der Waals surface area contributed by atoms with Crippen molar-refractivity contribution in [2.24, 2.45) is 0 Å². The number of anilines is 1. The molecule has 0 aliphatic carbocycles. The minimum Gasteiger partial charge on any atom is -0.489 e. The smallest absolute Gasteiger partial charge is 0.335 e. The number of urea groups is 1. The largest absolute Gasteiger partial charge is 0.489 e. The maximum absolute atomic E-state index is 13.1. The van der Waals surface area contributed by atoms with E-state index in [0.717, 1.165) is 12.1 Å². The van der Waals surface area contributed by atoms with Crippen molar-refractivity contribution >= 4 is 17.7 Å². The van der Waals surface area contributed by atoms with Crippen molar-refractivity contribution < 1.29 is 28.9 Å². The Labute approximate surface area is 172 Å². The first-order chi connectivity index (χ1) is 14.4. The number of aliphatic hydroxyl groups is 1. The third kappa shape index (κ3) is 7.38. The van der Waals surface area contributed by atoms with E-state index in [1.54, 1.807) is 0 Å². The number of benzene rings is 2. The second-order valence-electron chi connectivity index (χ2n) is 6.18. The zero-order chi connectivity index (χ0) is 21.9. The van der Waals surface area contributed by atoms with Crippen molar-refractivity contribution in [3.63, 3.8) is 0 Å². The van der Waals surface area contributed by atoms with Gasteiger partial charge in [0.1, 0.15) is 30.3 Å². The molecule has 0 aromatic heterocycles. The first kappa shape index (κ1) is 22.6. The maximum Gasteiger partial charge on any atom is 0.335 e. The number of carboxylic acids is 1. The van der Waals surface area contributed by atoms with Crippen molar-refractivity contribution in [1.82, 2.24) is 10.6 Å². The Morgan fingerprint density at radius 2 is 1.90 bits per heavy atom. The number of ether oxygens (including phenoxy) is 1. The summed E-state index contributed by atoms with van der Waals surface area (Å²) >= 11 is 0. The zero-order valence-electron chi connectivity index (χ0n) is 15.9. The van der Waals surface area contributed by atoms with E-state index >= 15 is 0 Å². The van der Waals surface area contributed by atoms with Gasteiger partial charge in [0.2, 0.25) is 0 Å². The summed E-state index contributed by atoms with van der Waals surface area (Å²) in [6, 6.07) is 10.6. The highest BCUT2D eigenvalue weighted by atomic mass is 19.1. The molecule has 10 heteroatoms. The number of carboxylic acid groups (broad SMARTS) is 1. The van der Waals surface area contributed by atoms with Crippen LogP contribution < -0.4 is 20.7 Å². The van der Waals surface area contributed by atoms with Crippen LogP contribution in [0.25, 0.3) is 0 Å². The number of carbonyl (C=O) groups is 2. The molecule has 9 nitrogen and oxygen atoms in total. The van der Waals surface area contributed by atoms with Crippen LogP contribution in [0.15, 0.2) is 42.5 Å². The van der Waals surface area contributed by atoms with E-state index in [4.69, 9.17) is 15.1 Å². The van der Waals surface area contributed by atoms with Crippen LogP contribution >= 0.6 is 0 Å². The summed E-state index contributed by atoms with van der Waals surface area (Å²) in [6.07, 6.45) is -0.872. The minimum atomic E-state index is -1.05. The lowest BCUT2D eigenvalue weighted by Gasteiger charge is -2.14. The number of hydrogen-bond donors (Lipinski definition) is 5. The molecule has 0 spiro atoms. The molecule has 1 unspecified atom stereocenters. The van der Waals surface area contributed by atoms with Gasteiger partial charge in [-0.3, -0.25) is 0 Å².